The van der Waals surface area contributed by atoms with Crippen LogP contribution in [0.3, 0.4) is 0 Å². The van der Waals surface area contributed by atoms with Gasteiger partial charge in [-0.05, 0) is 73.2 Å². The number of para-hydroxylation sites is 2. The van der Waals surface area contributed by atoms with Gasteiger partial charge in [0.05, 0.1) is 15.6 Å². The average molecular weight is 556 g/mol. The van der Waals surface area contributed by atoms with Crippen molar-refractivity contribution in [2.45, 2.75) is 16.7 Å². The fourth-order valence-corrected chi connectivity index (χ4v) is 6.09. The van der Waals surface area contributed by atoms with E-state index in [1.807, 2.05) is 0 Å². The molecule has 1 amide bonds. The van der Waals surface area contributed by atoms with Crippen LogP contribution in [-0.4, -0.2) is 22.7 Å². The lowest BCUT2D eigenvalue weighted by Crippen LogP contribution is -2.17. The zero-order valence-electron chi connectivity index (χ0n) is 19.5. The first kappa shape index (κ1) is 26.2. The summed E-state index contributed by atoms with van der Waals surface area (Å²) in [7, 11) is -7.90. The van der Waals surface area contributed by atoms with Gasteiger partial charge in [-0.25, -0.2) is 16.8 Å². The molecule has 11 heteroatoms. The van der Waals surface area contributed by atoms with Gasteiger partial charge < -0.3 is 5.32 Å². The third-order valence-corrected chi connectivity index (χ3v) is 8.57. The molecule has 0 spiro atoms. The molecule has 0 atom stereocenters. The molecule has 8 nitrogen and oxygen atoms in total. The third kappa shape index (κ3) is 6.29. The highest BCUT2D eigenvalue weighted by atomic mass is 35.5. The van der Waals surface area contributed by atoms with E-state index >= 15 is 0 Å². The topological polar surface area (TPSA) is 121 Å². The van der Waals surface area contributed by atoms with E-state index < -0.39 is 26.0 Å². The lowest BCUT2D eigenvalue weighted by Gasteiger charge is -2.13. The van der Waals surface area contributed by atoms with Crippen LogP contribution in [0.2, 0.25) is 5.02 Å². The molecular weight excluding hydrogens is 534 g/mol. The molecule has 0 aliphatic rings. The number of benzene rings is 4. The number of hydrogen-bond donors (Lipinski definition) is 3. The Labute approximate surface area is 220 Å². The third-order valence-electron chi connectivity index (χ3n) is 5.32. The Hall–Kier alpha value is -3.86. The summed E-state index contributed by atoms with van der Waals surface area (Å²) in [6, 6.07) is 24.8. The van der Waals surface area contributed by atoms with Crippen LogP contribution < -0.4 is 14.8 Å². The van der Waals surface area contributed by atoms with Crippen LogP contribution in [0.15, 0.2) is 107 Å². The molecule has 0 aliphatic carbocycles. The number of rotatable bonds is 8. The van der Waals surface area contributed by atoms with Crippen molar-refractivity contribution in [3.8, 4) is 0 Å². The summed E-state index contributed by atoms with van der Waals surface area (Å²) in [5, 5.41) is 2.59. The molecule has 0 radical (unpaired) electrons. The number of sulfonamides is 2. The van der Waals surface area contributed by atoms with Crippen molar-refractivity contribution in [2.24, 2.45) is 0 Å². The Bertz CT molecular complexity index is 1660. The van der Waals surface area contributed by atoms with Crippen molar-refractivity contribution in [2.75, 3.05) is 14.8 Å². The Balaban J connectivity index is 1.51. The standard InChI is InChI=1S/C26H22ClN3O5S2/c1-18-7-5-6-10-24(18)30-37(34,35)25-17-19(11-16-23(25)27)26(31)28-20-12-14-22(15-13-20)36(32,33)29-21-8-3-2-4-9-21/h2-17,29-30H,1H3,(H,28,31). The summed E-state index contributed by atoms with van der Waals surface area (Å²) >= 11 is 6.16. The minimum Gasteiger partial charge on any atom is -0.322 e. The van der Waals surface area contributed by atoms with Crippen molar-refractivity contribution >= 4 is 54.6 Å². The van der Waals surface area contributed by atoms with Crippen LogP contribution in [0.4, 0.5) is 17.1 Å². The SMILES string of the molecule is Cc1ccccc1NS(=O)(=O)c1cc(C(=O)Nc2ccc(S(=O)(=O)Nc3ccccc3)cc2)ccc1Cl. The van der Waals surface area contributed by atoms with E-state index in [-0.39, 0.29) is 20.4 Å². The van der Waals surface area contributed by atoms with Gasteiger partial charge in [0.2, 0.25) is 0 Å². The Morgan fingerprint density at radius 2 is 1.35 bits per heavy atom. The average Bonchev–Trinajstić information content (AvgIpc) is 2.86. The highest BCUT2D eigenvalue weighted by Crippen LogP contribution is 2.27. The van der Waals surface area contributed by atoms with E-state index in [4.69, 9.17) is 11.6 Å². The summed E-state index contributed by atoms with van der Waals surface area (Å²) in [5.41, 5.74) is 1.91. The van der Waals surface area contributed by atoms with Crippen LogP contribution in [-0.2, 0) is 20.0 Å². The fourth-order valence-electron chi connectivity index (χ4n) is 3.38. The van der Waals surface area contributed by atoms with Gasteiger partial charge in [0, 0.05) is 16.9 Å². The maximum Gasteiger partial charge on any atom is 0.263 e. The number of carbonyl (C=O) groups is 1. The van der Waals surface area contributed by atoms with E-state index in [0.717, 1.165) is 5.56 Å². The lowest BCUT2D eigenvalue weighted by molar-refractivity contribution is 0.102. The van der Waals surface area contributed by atoms with Crippen LogP contribution in [0.5, 0.6) is 0 Å². The summed E-state index contributed by atoms with van der Waals surface area (Å²) < 4.78 is 56.1. The zero-order chi connectivity index (χ0) is 26.6. The molecule has 0 saturated carbocycles. The van der Waals surface area contributed by atoms with Crippen molar-refractivity contribution in [3.63, 3.8) is 0 Å². The predicted molar refractivity (Wildman–Crippen MR) is 145 cm³/mol. The number of nitrogens with one attached hydrogen (secondary N) is 3. The molecule has 190 valence electrons. The second-order valence-corrected chi connectivity index (χ2v) is 11.8. The maximum absolute atomic E-state index is 13.0. The van der Waals surface area contributed by atoms with Crippen LogP contribution in [0.1, 0.15) is 15.9 Å². The molecule has 4 aromatic rings. The molecule has 0 bridgehead atoms. The molecule has 0 aliphatic heterocycles. The molecule has 3 N–H and O–H groups in total. The molecular formula is C26H22ClN3O5S2. The van der Waals surface area contributed by atoms with Gasteiger partial charge in [0.15, 0.2) is 0 Å². The van der Waals surface area contributed by atoms with Crippen LogP contribution in [0, 0.1) is 6.92 Å². The lowest BCUT2D eigenvalue weighted by atomic mass is 10.2. The zero-order valence-corrected chi connectivity index (χ0v) is 21.9. The van der Waals surface area contributed by atoms with E-state index in [2.05, 4.69) is 14.8 Å². The normalized spacial score (nSPS) is 11.5. The first-order chi connectivity index (χ1) is 17.5. The highest BCUT2D eigenvalue weighted by molar-refractivity contribution is 7.93. The summed E-state index contributed by atoms with van der Waals surface area (Å²) in [5.74, 6) is -0.595. The predicted octanol–water partition coefficient (Wildman–Crippen LogP) is 5.50. The largest absolute Gasteiger partial charge is 0.322 e. The number of amides is 1. The van der Waals surface area contributed by atoms with Crippen LogP contribution >= 0.6 is 11.6 Å². The van der Waals surface area contributed by atoms with E-state index in [0.29, 0.717) is 17.1 Å². The maximum atomic E-state index is 13.0. The molecule has 4 aromatic carbocycles. The number of aryl methyl sites for hydroxylation is 1. The molecule has 0 heterocycles. The molecule has 0 saturated heterocycles. The molecule has 0 fully saturated rings. The second kappa shape index (κ2) is 10.6. The van der Waals surface area contributed by atoms with Gasteiger partial charge in [-0.1, -0.05) is 48.0 Å². The monoisotopic (exact) mass is 555 g/mol. The van der Waals surface area contributed by atoms with Crippen LogP contribution in [0.25, 0.3) is 0 Å². The summed E-state index contributed by atoms with van der Waals surface area (Å²) in [4.78, 5) is 12.6. The smallest absolute Gasteiger partial charge is 0.263 e. The summed E-state index contributed by atoms with van der Waals surface area (Å²) in [6.07, 6.45) is 0. The summed E-state index contributed by atoms with van der Waals surface area (Å²) in [6.45, 7) is 1.76. The Morgan fingerprint density at radius 3 is 2.03 bits per heavy atom. The van der Waals surface area contributed by atoms with Gasteiger partial charge in [-0.15, -0.1) is 0 Å². The van der Waals surface area contributed by atoms with Crippen molar-refractivity contribution in [1.82, 2.24) is 0 Å². The molecule has 0 aromatic heterocycles. The number of halogens is 1. The number of anilines is 3. The first-order valence-electron chi connectivity index (χ1n) is 10.9. The Kier molecular flexibility index (Phi) is 7.53. The fraction of sp³-hybridized carbons (Fsp3) is 0.0385. The Morgan fingerprint density at radius 1 is 0.703 bits per heavy atom. The van der Waals surface area contributed by atoms with Crippen molar-refractivity contribution in [1.29, 1.82) is 0 Å². The second-order valence-electron chi connectivity index (χ2n) is 8.02. The van der Waals surface area contributed by atoms with Gasteiger partial charge in [0.25, 0.3) is 26.0 Å². The molecule has 0 unspecified atom stereocenters. The van der Waals surface area contributed by atoms with Crippen molar-refractivity contribution < 1.29 is 21.6 Å². The van der Waals surface area contributed by atoms with E-state index in [1.54, 1.807) is 61.5 Å². The number of carbonyl (C=O) groups excluding carboxylic acids is 1. The minimum atomic E-state index is -4.08. The van der Waals surface area contributed by atoms with Gasteiger partial charge in [-0.3, -0.25) is 14.2 Å². The molecule has 4 rings (SSSR count). The highest BCUT2D eigenvalue weighted by Gasteiger charge is 2.21. The van der Waals surface area contributed by atoms with E-state index in [1.165, 1.54) is 42.5 Å². The number of hydrogen-bond acceptors (Lipinski definition) is 5. The van der Waals surface area contributed by atoms with Crippen molar-refractivity contribution in [3.05, 3.63) is 113 Å². The quantitative estimate of drug-likeness (QED) is 0.265. The van der Waals surface area contributed by atoms with Gasteiger partial charge >= 0.3 is 0 Å². The molecule has 37 heavy (non-hydrogen) atoms. The van der Waals surface area contributed by atoms with Gasteiger partial charge in [0.1, 0.15) is 4.90 Å². The first-order valence-corrected chi connectivity index (χ1v) is 14.3. The van der Waals surface area contributed by atoms with Gasteiger partial charge in [-0.2, -0.15) is 0 Å². The van der Waals surface area contributed by atoms with E-state index in [9.17, 15) is 21.6 Å². The minimum absolute atomic E-state index is 0.0107.